The number of carboxylic acid groups (broad SMARTS) is 1. The lowest BCUT2D eigenvalue weighted by Crippen LogP contribution is -2.49. The fraction of sp³-hybridized carbons (Fsp3) is 0.450. The molecule has 0 spiro atoms. The second-order valence-corrected chi connectivity index (χ2v) is 7.51. The van der Waals surface area contributed by atoms with Crippen molar-refractivity contribution >= 4 is 11.9 Å². The minimum absolute atomic E-state index is 0.106. The van der Waals surface area contributed by atoms with Crippen LogP contribution < -0.4 is 15.4 Å². The molecule has 7 nitrogen and oxygen atoms in total. The number of nitrogens with two attached hydrogens (primary N) is 1. The Balaban J connectivity index is 2.32. The Hall–Kier alpha value is -2.88. The molecular weight excluding hydrogens is 401 g/mol. The van der Waals surface area contributed by atoms with E-state index >= 15 is 0 Å². The Morgan fingerprint density at radius 3 is 2.60 bits per heavy atom. The van der Waals surface area contributed by atoms with E-state index in [9.17, 15) is 18.0 Å². The van der Waals surface area contributed by atoms with E-state index in [1.54, 1.807) is 0 Å². The third-order valence-electron chi connectivity index (χ3n) is 4.36. The molecular formula is C20H25F3N4O3. The molecule has 0 saturated heterocycles. The molecule has 30 heavy (non-hydrogen) atoms. The second-order valence-electron chi connectivity index (χ2n) is 7.51. The van der Waals surface area contributed by atoms with Gasteiger partial charge in [-0.05, 0) is 36.6 Å². The van der Waals surface area contributed by atoms with Gasteiger partial charge in [0.15, 0.2) is 0 Å². The Morgan fingerprint density at radius 1 is 1.33 bits per heavy atom. The number of rotatable bonds is 9. The van der Waals surface area contributed by atoms with E-state index in [1.165, 1.54) is 37.5 Å². The van der Waals surface area contributed by atoms with Crippen LogP contribution in [0.4, 0.5) is 23.8 Å². The lowest BCUT2D eigenvalue weighted by molar-refractivity contribution is 0.127. The quantitative estimate of drug-likeness (QED) is 0.620. The highest BCUT2D eigenvalue weighted by molar-refractivity contribution is 5.84. The number of hydrogen-bond acceptors (Lipinski definition) is 5. The van der Waals surface area contributed by atoms with Crippen molar-refractivity contribution < 1.29 is 27.8 Å². The maximum atomic E-state index is 13.6. The molecule has 2 heterocycles. The molecule has 164 valence electrons. The molecule has 3 N–H and O–H groups in total. The number of carbonyl (C=O) groups is 1. The summed E-state index contributed by atoms with van der Waals surface area (Å²) in [5.74, 6) is 0.0391. The van der Waals surface area contributed by atoms with Crippen LogP contribution in [0.25, 0.3) is 11.3 Å². The van der Waals surface area contributed by atoms with Crippen LogP contribution in [0.1, 0.15) is 32.4 Å². The number of amides is 1. The van der Waals surface area contributed by atoms with Gasteiger partial charge in [0.2, 0.25) is 0 Å². The smallest absolute Gasteiger partial charge is 0.412 e. The van der Waals surface area contributed by atoms with Crippen LogP contribution in [-0.2, 0) is 0 Å². The Labute approximate surface area is 172 Å². The number of pyridine rings is 2. The molecule has 0 saturated carbocycles. The summed E-state index contributed by atoms with van der Waals surface area (Å²) in [5.41, 5.74) is 4.69. The Bertz CT molecular complexity index is 882. The Morgan fingerprint density at radius 2 is 2.03 bits per heavy atom. The minimum atomic E-state index is -2.94. The van der Waals surface area contributed by atoms with Crippen molar-refractivity contribution in [1.82, 2.24) is 9.97 Å². The summed E-state index contributed by atoms with van der Waals surface area (Å²) >= 11 is 0. The van der Waals surface area contributed by atoms with Crippen LogP contribution in [0.5, 0.6) is 5.75 Å². The van der Waals surface area contributed by atoms with Crippen LogP contribution in [0.2, 0.25) is 0 Å². The highest BCUT2D eigenvalue weighted by Gasteiger charge is 2.29. The number of alkyl halides is 3. The van der Waals surface area contributed by atoms with Gasteiger partial charge in [0.1, 0.15) is 30.5 Å². The van der Waals surface area contributed by atoms with Gasteiger partial charge in [-0.1, -0.05) is 13.8 Å². The summed E-state index contributed by atoms with van der Waals surface area (Å²) in [6, 6.07) is 5.72. The molecule has 0 aliphatic carbocycles. The highest BCUT2D eigenvalue weighted by atomic mass is 19.3. The van der Waals surface area contributed by atoms with Crippen molar-refractivity contribution in [3.63, 3.8) is 0 Å². The van der Waals surface area contributed by atoms with Gasteiger partial charge in [-0.2, -0.15) is 0 Å². The zero-order valence-corrected chi connectivity index (χ0v) is 17.0. The van der Waals surface area contributed by atoms with E-state index in [-0.39, 0.29) is 29.8 Å². The van der Waals surface area contributed by atoms with Gasteiger partial charge in [0.25, 0.3) is 6.43 Å². The van der Waals surface area contributed by atoms with E-state index in [4.69, 9.17) is 15.6 Å². The van der Waals surface area contributed by atoms with Crippen LogP contribution in [-0.4, -0.2) is 47.0 Å². The number of anilines is 1. The minimum Gasteiger partial charge on any atom is -0.489 e. The molecule has 1 amide bonds. The fourth-order valence-corrected chi connectivity index (χ4v) is 2.95. The van der Waals surface area contributed by atoms with Crippen molar-refractivity contribution in [1.29, 1.82) is 0 Å². The zero-order valence-electron chi connectivity index (χ0n) is 17.0. The molecule has 1 atom stereocenters. The van der Waals surface area contributed by atoms with Crippen LogP contribution in [0, 0.1) is 5.92 Å². The average Bonchev–Trinajstić information content (AvgIpc) is 2.71. The highest BCUT2D eigenvalue weighted by Crippen LogP contribution is 2.32. The summed E-state index contributed by atoms with van der Waals surface area (Å²) in [6.45, 7) is 2.63. The molecule has 2 rings (SSSR count). The van der Waals surface area contributed by atoms with Crippen molar-refractivity contribution in [2.45, 2.75) is 32.2 Å². The normalized spacial score (nSPS) is 13.4. The maximum Gasteiger partial charge on any atom is 0.412 e. The summed E-state index contributed by atoms with van der Waals surface area (Å²) in [6.07, 6.45) is -2.47. The second kappa shape index (κ2) is 9.75. The molecule has 0 aliphatic heterocycles. The summed E-state index contributed by atoms with van der Waals surface area (Å²) in [4.78, 5) is 19.9. The topological polar surface area (TPSA) is 102 Å². The average molecular weight is 426 g/mol. The van der Waals surface area contributed by atoms with Crippen molar-refractivity contribution in [2.75, 3.05) is 25.2 Å². The lowest BCUT2D eigenvalue weighted by Gasteiger charge is -2.28. The zero-order chi connectivity index (χ0) is 22.5. The largest absolute Gasteiger partial charge is 0.489 e. The Kier molecular flexibility index (Phi) is 7.60. The third-order valence-corrected chi connectivity index (χ3v) is 4.36. The van der Waals surface area contributed by atoms with E-state index in [2.05, 4.69) is 9.97 Å². The van der Waals surface area contributed by atoms with Gasteiger partial charge < -0.3 is 15.6 Å². The molecule has 2 aromatic heterocycles. The van der Waals surface area contributed by atoms with E-state index in [0.29, 0.717) is 12.0 Å². The SMILES string of the molecule is CC(C)C[C@@](N)(CF)COc1ccc(-c2ccnc(N(C)C(=O)O)c2)nc1C(F)F. The molecule has 0 aromatic carbocycles. The van der Waals surface area contributed by atoms with E-state index in [0.717, 1.165) is 4.90 Å². The molecule has 0 radical (unpaired) electrons. The summed E-state index contributed by atoms with van der Waals surface area (Å²) < 4.78 is 46.0. The molecule has 0 fully saturated rings. The van der Waals surface area contributed by atoms with Crippen LogP contribution >= 0.6 is 0 Å². The number of nitrogens with zero attached hydrogens (tertiary/aromatic N) is 3. The van der Waals surface area contributed by atoms with Gasteiger partial charge in [0, 0.05) is 18.8 Å². The number of ether oxygens (including phenoxy) is 1. The molecule has 0 unspecified atom stereocenters. The molecule has 10 heteroatoms. The molecule has 0 bridgehead atoms. The monoisotopic (exact) mass is 426 g/mol. The van der Waals surface area contributed by atoms with Gasteiger partial charge in [-0.15, -0.1) is 0 Å². The van der Waals surface area contributed by atoms with Crippen molar-refractivity contribution in [2.24, 2.45) is 11.7 Å². The van der Waals surface area contributed by atoms with Gasteiger partial charge >= 0.3 is 6.09 Å². The lowest BCUT2D eigenvalue weighted by atomic mass is 9.92. The van der Waals surface area contributed by atoms with Gasteiger partial charge in [-0.3, -0.25) is 4.90 Å². The third kappa shape index (κ3) is 5.82. The van der Waals surface area contributed by atoms with E-state index in [1.807, 2.05) is 13.8 Å². The predicted octanol–water partition coefficient (Wildman–Crippen LogP) is 4.29. The van der Waals surface area contributed by atoms with E-state index < -0.39 is 30.4 Å². The molecule has 2 aromatic rings. The summed E-state index contributed by atoms with van der Waals surface area (Å²) in [5, 5.41) is 9.07. The first-order valence-electron chi connectivity index (χ1n) is 9.26. The van der Waals surface area contributed by atoms with Crippen LogP contribution in [0.15, 0.2) is 30.5 Å². The summed E-state index contributed by atoms with van der Waals surface area (Å²) in [7, 11) is 1.31. The van der Waals surface area contributed by atoms with Crippen molar-refractivity contribution in [3.05, 3.63) is 36.2 Å². The van der Waals surface area contributed by atoms with Gasteiger partial charge in [-0.25, -0.2) is 27.9 Å². The van der Waals surface area contributed by atoms with Crippen LogP contribution in [0.3, 0.4) is 0 Å². The number of halogens is 3. The van der Waals surface area contributed by atoms with Gasteiger partial charge in [0.05, 0.1) is 11.2 Å². The number of aromatic nitrogens is 2. The first-order valence-corrected chi connectivity index (χ1v) is 9.26. The predicted molar refractivity (Wildman–Crippen MR) is 107 cm³/mol. The number of hydrogen-bond donors (Lipinski definition) is 2. The standard InChI is InChI=1S/C20H25F3N4O3/c1-12(2)9-20(24,10-21)11-30-15-5-4-14(26-17(15)18(22)23)13-6-7-25-16(8-13)27(3)19(28)29/h4-8,12,18H,9-11,24H2,1-3H3,(H,28,29)/t20-/m1/s1. The molecule has 0 aliphatic rings. The maximum absolute atomic E-state index is 13.6. The first-order chi connectivity index (χ1) is 14.1. The van der Waals surface area contributed by atoms with Crippen molar-refractivity contribution in [3.8, 4) is 17.0 Å². The first kappa shape index (κ1) is 23.4. The fourth-order valence-electron chi connectivity index (χ4n) is 2.95.